The van der Waals surface area contributed by atoms with Crippen molar-refractivity contribution in [1.82, 2.24) is 0 Å². The summed E-state index contributed by atoms with van der Waals surface area (Å²) in [4.78, 5) is 10.7. The first kappa shape index (κ1) is 12.9. The fraction of sp³-hybridized carbons (Fsp3) is 0.583. The third-order valence-corrected chi connectivity index (χ3v) is 1.93. The number of carbonyl (C=O) groups excluding carboxylic acids is 1. The van der Waals surface area contributed by atoms with Gasteiger partial charge in [0.1, 0.15) is 0 Å². The van der Waals surface area contributed by atoms with Crippen molar-refractivity contribution in [3.63, 3.8) is 0 Å². The monoisotopic (exact) mass is 196 g/mol. The minimum Gasteiger partial charge on any atom is -0.469 e. The van der Waals surface area contributed by atoms with E-state index < -0.39 is 0 Å². The number of hydrogen-bond acceptors (Lipinski definition) is 2. The zero-order valence-corrected chi connectivity index (χ0v) is 9.00. The second-order valence-electron chi connectivity index (χ2n) is 3.16. The molecule has 80 valence electrons. The SMILES string of the molecule is C=CCCCC=CCCCC(=O)OC. The van der Waals surface area contributed by atoms with Crippen LogP contribution in [0.25, 0.3) is 0 Å². The lowest BCUT2D eigenvalue weighted by Gasteiger charge is -1.95. The minimum absolute atomic E-state index is 0.120. The number of ether oxygens (including phenoxy) is 1. The smallest absolute Gasteiger partial charge is 0.305 e. The van der Waals surface area contributed by atoms with Gasteiger partial charge in [-0.15, -0.1) is 6.58 Å². The molecule has 0 heterocycles. The summed E-state index contributed by atoms with van der Waals surface area (Å²) in [5.74, 6) is -0.120. The number of unbranched alkanes of at least 4 members (excludes halogenated alkanes) is 3. The molecule has 0 aromatic carbocycles. The third kappa shape index (κ3) is 9.04. The van der Waals surface area contributed by atoms with E-state index in [1.54, 1.807) is 0 Å². The molecule has 0 rings (SSSR count). The van der Waals surface area contributed by atoms with E-state index in [0.29, 0.717) is 6.42 Å². The van der Waals surface area contributed by atoms with Crippen LogP contribution in [0.2, 0.25) is 0 Å². The fourth-order valence-corrected chi connectivity index (χ4v) is 1.08. The summed E-state index contributed by atoms with van der Waals surface area (Å²) < 4.78 is 4.54. The molecule has 0 unspecified atom stereocenters. The summed E-state index contributed by atoms with van der Waals surface area (Å²) in [6.45, 7) is 3.66. The molecule has 0 saturated heterocycles. The van der Waals surface area contributed by atoms with Crippen molar-refractivity contribution < 1.29 is 9.53 Å². The van der Waals surface area contributed by atoms with Crippen molar-refractivity contribution in [3.05, 3.63) is 24.8 Å². The van der Waals surface area contributed by atoms with Crippen LogP contribution in [0.4, 0.5) is 0 Å². The van der Waals surface area contributed by atoms with Gasteiger partial charge in [-0.2, -0.15) is 0 Å². The summed E-state index contributed by atoms with van der Waals surface area (Å²) in [6, 6.07) is 0. The van der Waals surface area contributed by atoms with Gasteiger partial charge in [-0.05, 0) is 32.1 Å². The van der Waals surface area contributed by atoms with Crippen molar-refractivity contribution in [2.45, 2.75) is 38.5 Å². The van der Waals surface area contributed by atoms with Crippen LogP contribution in [-0.2, 0) is 9.53 Å². The summed E-state index contributed by atoms with van der Waals surface area (Å²) in [7, 11) is 1.42. The molecule has 0 saturated carbocycles. The van der Waals surface area contributed by atoms with E-state index in [2.05, 4.69) is 23.5 Å². The number of esters is 1. The molecule has 0 aliphatic heterocycles. The Balaban J connectivity index is 3.18. The highest BCUT2D eigenvalue weighted by atomic mass is 16.5. The number of allylic oxidation sites excluding steroid dienone is 3. The van der Waals surface area contributed by atoms with Gasteiger partial charge in [0.25, 0.3) is 0 Å². The Morgan fingerprint density at radius 1 is 1.21 bits per heavy atom. The molecule has 0 aliphatic rings. The number of hydrogen-bond donors (Lipinski definition) is 0. The maximum Gasteiger partial charge on any atom is 0.305 e. The Kier molecular flexibility index (Phi) is 9.28. The molecule has 0 atom stereocenters. The maximum atomic E-state index is 10.7. The molecule has 0 amide bonds. The van der Waals surface area contributed by atoms with Crippen LogP contribution in [0.5, 0.6) is 0 Å². The van der Waals surface area contributed by atoms with Crippen LogP contribution >= 0.6 is 0 Å². The van der Waals surface area contributed by atoms with E-state index in [0.717, 1.165) is 32.1 Å². The molecule has 2 heteroatoms. The van der Waals surface area contributed by atoms with Gasteiger partial charge in [0.05, 0.1) is 7.11 Å². The second kappa shape index (κ2) is 10.0. The molecule has 2 nitrogen and oxygen atoms in total. The summed E-state index contributed by atoms with van der Waals surface area (Å²) in [5, 5.41) is 0. The van der Waals surface area contributed by atoms with Crippen molar-refractivity contribution in [3.8, 4) is 0 Å². The van der Waals surface area contributed by atoms with Gasteiger partial charge >= 0.3 is 5.97 Å². The van der Waals surface area contributed by atoms with Gasteiger partial charge in [-0.3, -0.25) is 4.79 Å². The van der Waals surface area contributed by atoms with Crippen molar-refractivity contribution in [2.75, 3.05) is 7.11 Å². The lowest BCUT2D eigenvalue weighted by molar-refractivity contribution is -0.140. The third-order valence-electron chi connectivity index (χ3n) is 1.93. The van der Waals surface area contributed by atoms with Gasteiger partial charge in [0.2, 0.25) is 0 Å². The Bertz CT molecular complexity index is 183. The molecule has 0 aliphatic carbocycles. The van der Waals surface area contributed by atoms with Crippen LogP contribution in [0.15, 0.2) is 24.8 Å². The Labute approximate surface area is 86.6 Å². The van der Waals surface area contributed by atoms with E-state index in [-0.39, 0.29) is 5.97 Å². The molecule has 0 aromatic rings. The van der Waals surface area contributed by atoms with E-state index in [1.807, 2.05) is 6.08 Å². The fourth-order valence-electron chi connectivity index (χ4n) is 1.08. The highest BCUT2D eigenvalue weighted by molar-refractivity contribution is 5.68. The predicted octanol–water partition coefficient (Wildman–Crippen LogP) is 3.24. The van der Waals surface area contributed by atoms with Crippen LogP contribution in [-0.4, -0.2) is 13.1 Å². The molecule has 0 N–H and O–H groups in total. The quantitative estimate of drug-likeness (QED) is 0.338. The van der Waals surface area contributed by atoms with Gasteiger partial charge in [-0.1, -0.05) is 18.2 Å². The van der Waals surface area contributed by atoms with Crippen molar-refractivity contribution in [1.29, 1.82) is 0 Å². The van der Waals surface area contributed by atoms with E-state index in [9.17, 15) is 4.79 Å². The summed E-state index contributed by atoms with van der Waals surface area (Å²) >= 11 is 0. The molecule has 0 fully saturated rings. The molecular weight excluding hydrogens is 176 g/mol. The summed E-state index contributed by atoms with van der Waals surface area (Å²) in [5.41, 5.74) is 0. The molecule has 14 heavy (non-hydrogen) atoms. The Morgan fingerprint density at radius 2 is 1.86 bits per heavy atom. The molecular formula is C12H20O2. The lowest BCUT2D eigenvalue weighted by Crippen LogP contribution is -1.98. The zero-order valence-electron chi connectivity index (χ0n) is 9.00. The van der Waals surface area contributed by atoms with Crippen molar-refractivity contribution >= 4 is 5.97 Å². The second-order valence-corrected chi connectivity index (χ2v) is 3.16. The van der Waals surface area contributed by atoms with Crippen LogP contribution in [0.3, 0.4) is 0 Å². The highest BCUT2D eigenvalue weighted by Crippen LogP contribution is 2.01. The first-order valence-electron chi connectivity index (χ1n) is 5.14. The number of methoxy groups -OCH3 is 1. The predicted molar refractivity (Wildman–Crippen MR) is 59.1 cm³/mol. The van der Waals surface area contributed by atoms with Gasteiger partial charge in [-0.25, -0.2) is 0 Å². The van der Waals surface area contributed by atoms with Crippen molar-refractivity contribution in [2.24, 2.45) is 0 Å². The van der Waals surface area contributed by atoms with Crippen LogP contribution in [0.1, 0.15) is 38.5 Å². The minimum atomic E-state index is -0.120. The van der Waals surface area contributed by atoms with Gasteiger partial charge < -0.3 is 4.74 Å². The molecule has 0 bridgehead atoms. The Morgan fingerprint density at radius 3 is 2.43 bits per heavy atom. The van der Waals surface area contributed by atoms with E-state index in [1.165, 1.54) is 7.11 Å². The lowest BCUT2D eigenvalue weighted by atomic mass is 10.2. The van der Waals surface area contributed by atoms with Gasteiger partial charge in [0.15, 0.2) is 0 Å². The molecule has 0 radical (unpaired) electrons. The number of carbonyl (C=O) groups is 1. The van der Waals surface area contributed by atoms with Crippen LogP contribution < -0.4 is 0 Å². The number of rotatable bonds is 8. The normalized spacial score (nSPS) is 10.4. The maximum absolute atomic E-state index is 10.7. The van der Waals surface area contributed by atoms with Gasteiger partial charge in [0, 0.05) is 6.42 Å². The zero-order chi connectivity index (χ0) is 10.6. The molecule has 0 spiro atoms. The average molecular weight is 196 g/mol. The summed E-state index contributed by atoms with van der Waals surface area (Å²) in [6.07, 6.45) is 11.9. The average Bonchev–Trinajstić information content (AvgIpc) is 2.21. The van der Waals surface area contributed by atoms with E-state index >= 15 is 0 Å². The molecule has 0 aromatic heterocycles. The standard InChI is InChI=1S/C12H20O2/c1-3-4-5-6-7-8-9-10-11-12(13)14-2/h3,7-8H,1,4-6,9-11H2,2H3. The van der Waals surface area contributed by atoms with E-state index in [4.69, 9.17) is 0 Å². The van der Waals surface area contributed by atoms with Crippen LogP contribution in [0, 0.1) is 0 Å². The first-order valence-corrected chi connectivity index (χ1v) is 5.14. The highest BCUT2D eigenvalue weighted by Gasteiger charge is 1.96. The largest absolute Gasteiger partial charge is 0.469 e. The Hall–Kier alpha value is -1.05. The first-order chi connectivity index (χ1) is 6.81. The topological polar surface area (TPSA) is 26.3 Å².